The number of anilines is 1. The molecule has 0 aliphatic rings. The van der Waals surface area contributed by atoms with Crippen LogP contribution in [-0.2, 0) is 17.1 Å². The predicted octanol–water partition coefficient (Wildman–Crippen LogP) is 3.20. The molecule has 0 fully saturated rings. The molecule has 0 saturated heterocycles. The van der Waals surface area contributed by atoms with E-state index in [0.29, 0.717) is 11.1 Å². The maximum Gasteiger partial charge on any atom is 0.229 e. The van der Waals surface area contributed by atoms with Crippen LogP contribution in [0, 0.1) is 0 Å². The molecule has 0 atom stereocenters. The van der Waals surface area contributed by atoms with Crippen molar-refractivity contribution in [3.05, 3.63) is 54.9 Å². The molecule has 0 unspecified atom stereocenters. The number of aromatic nitrogens is 2. The van der Waals surface area contributed by atoms with Crippen LogP contribution < -0.4 is 4.72 Å². The topological polar surface area (TPSA) is 76.3 Å². The lowest BCUT2D eigenvalue weighted by Gasteiger charge is -2.06. The van der Waals surface area contributed by atoms with E-state index in [1.807, 2.05) is 48.3 Å². The zero-order valence-electron chi connectivity index (χ0n) is 13.8. The monoisotopic (exact) mass is 355 g/mol. The van der Waals surface area contributed by atoms with Crippen LogP contribution in [0.25, 0.3) is 27.4 Å². The van der Waals surface area contributed by atoms with E-state index in [4.69, 9.17) is 0 Å². The van der Waals surface area contributed by atoms with Crippen LogP contribution in [0.2, 0.25) is 0 Å². The molecule has 0 radical (unpaired) electrons. The normalized spacial score (nSPS) is 12.1. The van der Waals surface area contributed by atoms with Gasteiger partial charge in [0.25, 0.3) is 0 Å². The van der Waals surface area contributed by atoms with E-state index in [9.17, 15) is 13.5 Å². The highest BCUT2D eigenvalue weighted by molar-refractivity contribution is 7.92. The van der Waals surface area contributed by atoms with Gasteiger partial charge in [-0.05, 0) is 35.7 Å². The smallest absolute Gasteiger partial charge is 0.229 e. The molecular weight excluding hydrogens is 338 g/mol. The van der Waals surface area contributed by atoms with Gasteiger partial charge in [-0.1, -0.05) is 12.1 Å². The molecule has 2 N–H and O–H groups in total. The Morgan fingerprint density at radius 2 is 1.80 bits per heavy atom. The van der Waals surface area contributed by atoms with Crippen LogP contribution in [-0.4, -0.2) is 28.9 Å². The lowest BCUT2D eigenvalue weighted by Crippen LogP contribution is -2.09. The molecule has 7 heteroatoms. The van der Waals surface area contributed by atoms with E-state index in [2.05, 4.69) is 4.72 Å². The molecular formula is C18H17N3O3S. The molecule has 25 heavy (non-hydrogen) atoms. The molecule has 0 bridgehead atoms. The first-order valence-electron chi connectivity index (χ1n) is 7.69. The highest BCUT2D eigenvalue weighted by Gasteiger charge is 2.12. The summed E-state index contributed by atoms with van der Waals surface area (Å²) in [6.45, 7) is 0. The van der Waals surface area contributed by atoms with E-state index < -0.39 is 10.0 Å². The number of nitrogens with zero attached hydrogens (tertiary/aromatic N) is 2. The second-order valence-corrected chi connectivity index (χ2v) is 7.92. The molecule has 0 spiro atoms. The Hall–Kier alpha value is -2.93. The maximum atomic E-state index is 11.4. The lowest BCUT2D eigenvalue weighted by molar-refractivity contribution is 0.448. The van der Waals surface area contributed by atoms with E-state index in [1.165, 1.54) is 0 Å². The van der Waals surface area contributed by atoms with Gasteiger partial charge in [0.15, 0.2) is 0 Å². The van der Waals surface area contributed by atoms with Crippen molar-refractivity contribution in [2.45, 2.75) is 0 Å². The minimum atomic E-state index is -3.37. The Balaban J connectivity index is 1.86. The summed E-state index contributed by atoms with van der Waals surface area (Å²) in [5.41, 5.74) is 2.32. The van der Waals surface area contributed by atoms with Gasteiger partial charge in [-0.3, -0.25) is 9.29 Å². The van der Waals surface area contributed by atoms with Crippen LogP contribution in [0.4, 0.5) is 5.69 Å². The molecule has 6 nitrogen and oxygen atoms in total. The summed E-state index contributed by atoms with van der Waals surface area (Å²) in [6, 6.07) is 13.1. The Labute approximate surface area is 145 Å². The van der Waals surface area contributed by atoms with Gasteiger partial charge < -0.3 is 9.67 Å². The quantitative estimate of drug-likeness (QED) is 0.592. The summed E-state index contributed by atoms with van der Waals surface area (Å²) in [7, 11) is -1.39. The van der Waals surface area contributed by atoms with Gasteiger partial charge in [0.05, 0.1) is 11.9 Å². The number of hydrogen-bond acceptors (Lipinski definition) is 3. The van der Waals surface area contributed by atoms with Crippen molar-refractivity contribution in [3.63, 3.8) is 0 Å². The van der Waals surface area contributed by atoms with Crippen LogP contribution >= 0.6 is 0 Å². The van der Waals surface area contributed by atoms with Gasteiger partial charge in [-0.25, -0.2) is 8.42 Å². The summed E-state index contributed by atoms with van der Waals surface area (Å²) >= 11 is 0. The summed E-state index contributed by atoms with van der Waals surface area (Å²) < 4.78 is 28.9. The molecule has 0 aliphatic heterocycles. The number of aryl methyl sites for hydroxylation is 1. The lowest BCUT2D eigenvalue weighted by atomic mass is 10.2. The standard InChI is InChI=1S/C18H17N3O3S/c1-20-8-7-12-4-6-15(10-17(12)20)21-11-13-3-5-14(19-25(2,23)24)9-16(13)18(21)22/h3-11,19,22H,1-2H3. The summed E-state index contributed by atoms with van der Waals surface area (Å²) in [4.78, 5) is 0. The first-order valence-corrected chi connectivity index (χ1v) is 9.58. The van der Waals surface area contributed by atoms with Gasteiger partial charge in [0, 0.05) is 41.4 Å². The molecule has 4 aromatic rings. The second-order valence-electron chi connectivity index (χ2n) is 6.17. The van der Waals surface area contributed by atoms with Gasteiger partial charge in [-0.15, -0.1) is 0 Å². The summed E-state index contributed by atoms with van der Waals surface area (Å²) in [5, 5.41) is 13.2. The number of aromatic hydroxyl groups is 1. The van der Waals surface area contributed by atoms with Crippen molar-refractivity contribution < 1.29 is 13.5 Å². The number of benzene rings is 2. The number of rotatable bonds is 3. The second kappa shape index (κ2) is 5.29. The third-order valence-electron chi connectivity index (χ3n) is 4.24. The van der Waals surface area contributed by atoms with Gasteiger partial charge in [0.2, 0.25) is 15.9 Å². The highest BCUT2D eigenvalue weighted by atomic mass is 32.2. The summed E-state index contributed by atoms with van der Waals surface area (Å²) in [6.07, 6.45) is 4.92. The minimum Gasteiger partial charge on any atom is -0.494 e. The largest absolute Gasteiger partial charge is 0.494 e. The third kappa shape index (κ3) is 2.72. The van der Waals surface area contributed by atoms with Crippen molar-refractivity contribution in [3.8, 4) is 11.6 Å². The number of sulfonamides is 1. The molecule has 2 aromatic heterocycles. The molecule has 2 aromatic carbocycles. The molecule has 0 aliphatic carbocycles. The molecule has 0 saturated carbocycles. The van der Waals surface area contributed by atoms with E-state index in [-0.39, 0.29) is 5.88 Å². The van der Waals surface area contributed by atoms with E-state index >= 15 is 0 Å². The van der Waals surface area contributed by atoms with Crippen molar-refractivity contribution in [1.82, 2.24) is 9.13 Å². The van der Waals surface area contributed by atoms with Gasteiger partial charge >= 0.3 is 0 Å². The average molecular weight is 355 g/mol. The minimum absolute atomic E-state index is 0.0701. The Morgan fingerprint density at radius 3 is 2.56 bits per heavy atom. The van der Waals surface area contributed by atoms with E-state index in [0.717, 1.165) is 28.2 Å². The first kappa shape index (κ1) is 15.6. The Kier molecular flexibility index (Phi) is 3.30. The van der Waals surface area contributed by atoms with Crippen LogP contribution in [0.5, 0.6) is 5.88 Å². The zero-order chi connectivity index (χ0) is 17.8. The molecule has 128 valence electrons. The zero-order valence-corrected chi connectivity index (χ0v) is 14.6. The van der Waals surface area contributed by atoms with Crippen molar-refractivity contribution in [2.75, 3.05) is 11.0 Å². The Morgan fingerprint density at radius 1 is 1.04 bits per heavy atom. The number of fused-ring (bicyclic) bond motifs is 2. The fourth-order valence-electron chi connectivity index (χ4n) is 3.07. The first-order chi connectivity index (χ1) is 11.8. The van der Waals surface area contributed by atoms with Crippen LogP contribution in [0.1, 0.15) is 0 Å². The van der Waals surface area contributed by atoms with Crippen molar-refractivity contribution in [1.29, 1.82) is 0 Å². The van der Waals surface area contributed by atoms with Crippen LogP contribution in [0.3, 0.4) is 0 Å². The maximum absolute atomic E-state index is 11.4. The molecule has 0 amide bonds. The fraction of sp³-hybridized carbons (Fsp3) is 0.111. The number of nitrogens with one attached hydrogen (secondary N) is 1. The summed E-state index contributed by atoms with van der Waals surface area (Å²) in [5.74, 6) is 0.0701. The fourth-order valence-corrected chi connectivity index (χ4v) is 3.62. The van der Waals surface area contributed by atoms with Crippen molar-refractivity contribution >= 4 is 37.4 Å². The Bertz CT molecular complexity index is 1220. The number of hydrogen-bond donors (Lipinski definition) is 2. The van der Waals surface area contributed by atoms with E-state index in [1.54, 1.807) is 22.8 Å². The molecule has 2 heterocycles. The SMILES string of the molecule is Cn1ccc2ccc(-n3cc4ccc(NS(C)(=O)=O)cc4c3O)cc21. The highest BCUT2D eigenvalue weighted by Crippen LogP contribution is 2.33. The average Bonchev–Trinajstić information content (AvgIpc) is 3.07. The van der Waals surface area contributed by atoms with Gasteiger partial charge in [-0.2, -0.15) is 0 Å². The third-order valence-corrected chi connectivity index (χ3v) is 4.85. The van der Waals surface area contributed by atoms with Crippen LogP contribution in [0.15, 0.2) is 54.9 Å². The van der Waals surface area contributed by atoms with Crippen molar-refractivity contribution in [2.24, 2.45) is 7.05 Å². The predicted molar refractivity (Wildman–Crippen MR) is 99.9 cm³/mol. The molecule has 4 rings (SSSR count). The van der Waals surface area contributed by atoms with Gasteiger partial charge in [0.1, 0.15) is 0 Å².